The van der Waals surface area contributed by atoms with E-state index < -0.39 is 0 Å². The number of pyridine rings is 1. The molecule has 0 saturated heterocycles. The van der Waals surface area contributed by atoms with Crippen LogP contribution < -0.4 is 5.32 Å². The van der Waals surface area contributed by atoms with Crippen molar-refractivity contribution in [3.63, 3.8) is 0 Å². The summed E-state index contributed by atoms with van der Waals surface area (Å²) in [7, 11) is 0. The van der Waals surface area contributed by atoms with Crippen LogP contribution in [0.3, 0.4) is 0 Å². The SMILES string of the molecule is CCCNc1nc2c(Cl)ccc(F)c2cc1CC. The summed E-state index contributed by atoms with van der Waals surface area (Å²) in [6.07, 6.45) is 1.82. The van der Waals surface area contributed by atoms with E-state index >= 15 is 0 Å². The number of hydrogen-bond acceptors (Lipinski definition) is 2. The quantitative estimate of drug-likeness (QED) is 0.887. The van der Waals surface area contributed by atoms with E-state index in [2.05, 4.69) is 17.2 Å². The van der Waals surface area contributed by atoms with E-state index in [1.54, 1.807) is 6.07 Å². The average Bonchev–Trinajstić information content (AvgIpc) is 2.40. The molecule has 1 aromatic heterocycles. The Kier molecular flexibility index (Phi) is 4.02. The number of benzene rings is 1. The smallest absolute Gasteiger partial charge is 0.132 e. The van der Waals surface area contributed by atoms with Crippen LogP contribution in [-0.4, -0.2) is 11.5 Å². The number of halogens is 2. The highest BCUT2D eigenvalue weighted by Crippen LogP contribution is 2.28. The molecule has 4 heteroatoms. The van der Waals surface area contributed by atoms with Crippen LogP contribution in [0, 0.1) is 5.82 Å². The summed E-state index contributed by atoms with van der Waals surface area (Å²) in [5, 5.41) is 4.23. The lowest BCUT2D eigenvalue weighted by Gasteiger charge is -2.12. The van der Waals surface area contributed by atoms with Crippen LogP contribution in [0.25, 0.3) is 10.9 Å². The van der Waals surface area contributed by atoms with E-state index in [4.69, 9.17) is 11.6 Å². The summed E-state index contributed by atoms with van der Waals surface area (Å²) < 4.78 is 13.7. The van der Waals surface area contributed by atoms with E-state index in [1.807, 2.05) is 13.0 Å². The molecule has 0 aliphatic carbocycles. The van der Waals surface area contributed by atoms with Gasteiger partial charge in [-0.1, -0.05) is 25.4 Å². The molecular weight excluding hydrogens is 251 g/mol. The summed E-state index contributed by atoms with van der Waals surface area (Å²) in [6.45, 7) is 4.97. The van der Waals surface area contributed by atoms with Crippen LogP contribution in [0.4, 0.5) is 10.2 Å². The van der Waals surface area contributed by atoms with Crippen LogP contribution in [0.2, 0.25) is 5.02 Å². The zero-order chi connectivity index (χ0) is 13.1. The number of fused-ring (bicyclic) bond motifs is 1. The highest BCUT2D eigenvalue weighted by atomic mass is 35.5. The van der Waals surface area contributed by atoms with E-state index in [-0.39, 0.29) is 5.82 Å². The van der Waals surface area contributed by atoms with Gasteiger partial charge in [0, 0.05) is 11.9 Å². The zero-order valence-electron chi connectivity index (χ0n) is 10.6. The fourth-order valence-electron chi connectivity index (χ4n) is 1.90. The second-order valence-electron chi connectivity index (χ2n) is 4.20. The molecule has 0 atom stereocenters. The zero-order valence-corrected chi connectivity index (χ0v) is 11.3. The predicted octanol–water partition coefficient (Wildman–Crippen LogP) is 4.41. The second-order valence-corrected chi connectivity index (χ2v) is 4.61. The topological polar surface area (TPSA) is 24.9 Å². The van der Waals surface area contributed by atoms with E-state index in [9.17, 15) is 4.39 Å². The second kappa shape index (κ2) is 5.53. The predicted molar refractivity (Wildman–Crippen MR) is 74.9 cm³/mol. The summed E-state index contributed by atoms with van der Waals surface area (Å²) in [5.74, 6) is 0.526. The molecule has 0 fully saturated rings. The third-order valence-electron chi connectivity index (χ3n) is 2.88. The van der Waals surface area contributed by atoms with Crippen molar-refractivity contribution in [3.05, 3.63) is 34.6 Å². The lowest BCUT2D eigenvalue weighted by atomic mass is 10.1. The standard InChI is InChI=1S/C14H16ClFN2/c1-3-7-17-14-9(4-2)8-10-12(16)6-5-11(15)13(10)18-14/h5-6,8H,3-4,7H2,1-2H3,(H,17,18). The number of aromatic nitrogens is 1. The molecule has 0 aliphatic heterocycles. The minimum atomic E-state index is -0.279. The van der Waals surface area contributed by atoms with Gasteiger partial charge in [-0.05, 0) is 36.6 Å². The molecule has 2 aromatic rings. The van der Waals surface area contributed by atoms with Gasteiger partial charge in [0.05, 0.1) is 10.5 Å². The maximum absolute atomic E-state index is 13.7. The number of hydrogen-bond donors (Lipinski definition) is 1. The van der Waals surface area contributed by atoms with E-state index in [0.717, 1.165) is 30.8 Å². The molecule has 0 radical (unpaired) electrons. The van der Waals surface area contributed by atoms with E-state index in [1.165, 1.54) is 6.07 Å². The largest absolute Gasteiger partial charge is 0.370 e. The summed E-state index contributed by atoms with van der Waals surface area (Å²) in [5.41, 5.74) is 1.53. The Morgan fingerprint density at radius 3 is 2.78 bits per heavy atom. The van der Waals surface area contributed by atoms with Gasteiger partial charge in [0.25, 0.3) is 0 Å². The Morgan fingerprint density at radius 2 is 2.11 bits per heavy atom. The molecule has 1 N–H and O–H groups in total. The number of nitrogens with one attached hydrogen (secondary N) is 1. The number of aryl methyl sites for hydroxylation is 1. The van der Waals surface area contributed by atoms with Gasteiger partial charge < -0.3 is 5.32 Å². The molecule has 96 valence electrons. The van der Waals surface area contributed by atoms with Crippen LogP contribution in [0.5, 0.6) is 0 Å². The molecule has 0 bridgehead atoms. The Hall–Kier alpha value is -1.35. The summed E-state index contributed by atoms with van der Waals surface area (Å²) >= 11 is 6.07. The molecule has 18 heavy (non-hydrogen) atoms. The van der Waals surface area contributed by atoms with Crippen molar-refractivity contribution >= 4 is 28.3 Å². The Labute approximate surface area is 111 Å². The Morgan fingerprint density at radius 1 is 1.33 bits per heavy atom. The van der Waals surface area contributed by atoms with Crippen molar-refractivity contribution in [1.82, 2.24) is 4.98 Å². The van der Waals surface area contributed by atoms with Gasteiger partial charge in [0.2, 0.25) is 0 Å². The normalized spacial score (nSPS) is 10.9. The maximum atomic E-state index is 13.7. The lowest BCUT2D eigenvalue weighted by molar-refractivity contribution is 0.639. The first kappa shape index (κ1) is 13.1. The molecule has 0 spiro atoms. The third-order valence-corrected chi connectivity index (χ3v) is 3.19. The van der Waals surface area contributed by atoms with E-state index in [0.29, 0.717) is 15.9 Å². The van der Waals surface area contributed by atoms with Gasteiger partial charge in [0.15, 0.2) is 0 Å². The van der Waals surface area contributed by atoms with Gasteiger partial charge in [-0.2, -0.15) is 0 Å². The minimum absolute atomic E-state index is 0.279. The molecular formula is C14H16ClFN2. The molecule has 1 heterocycles. The van der Waals surface area contributed by atoms with Crippen molar-refractivity contribution in [2.75, 3.05) is 11.9 Å². The van der Waals surface area contributed by atoms with Crippen molar-refractivity contribution in [2.45, 2.75) is 26.7 Å². The van der Waals surface area contributed by atoms with Crippen molar-refractivity contribution in [2.24, 2.45) is 0 Å². The fraction of sp³-hybridized carbons (Fsp3) is 0.357. The fourth-order valence-corrected chi connectivity index (χ4v) is 2.11. The van der Waals surface area contributed by atoms with Crippen LogP contribution in [-0.2, 0) is 6.42 Å². The summed E-state index contributed by atoms with van der Waals surface area (Å²) in [6, 6.07) is 4.76. The highest BCUT2D eigenvalue weighted by Gasteiger charge is 2.11. The summed E-state index contributed by atoms with van der Waals surface area (Å²) in [4.78, 5) is 4.46. The van der Waals surface area contributed by atoms with Crippen LogP contribution in [0.15, 0.2) is 18.2 Å². The molecule has 0 aliphatic rings. The van der Waals surface area contributed by atoms with Crippen molar-refractivity contribution in [1.29, 1.82) is 0 Å². The van der Waals surface area contributed by atoms with Gasteiger partial charge in [0.1, 0.15) is 11.6 Å². The molecule has 2 nitrogen and oxygen atoms in total. The first-order valence-electron chi connectivity index (χ1n) is 6.18. The monoisotopic (exact) mass is 266 g/mol. The Bertz CT molecular complexity index is 569. The molecule has 2 rings (SSSR count). The maximum Gasteiger partial charge on any atom is 0.132 e. The molecule has 0 amide bonds. The van der Waals surface area contributed by atoms with Crippen LogP contribution in [0.1, 0.15) is 25.8 Å². The van der Waals surface area contributed by atoms with Gasteiger partial charge in [-0.15, -0.1) is 0 Å². The molecule has 0 unspecified atom stereocenters. The number of rotatable bonds is 4. The first-order valence-corrected chi connectivity index (χ1v) is 6.56. The molecule has 0 saturated carbocycles. The Balaban J connectivity index is 2.61. The average molecular weight is 267 g/mol. The van der Waals surface area contributed by atoms with Gasteiger partial charge in [-0.3, -0.25) is 0 Å². The first-order chi connectivity index (χ1) is 8.67. The van der Waals surface area contributed by atoms with Crippen molar-refractivity contribution in [3.8, 4) is 0 Å². The van der Waals surface area contributed by atoms with Gasteiger partial charge in [-0.25, -0.2) is 9.37 Å². The minimum Gasteiger partial charge on any atom is -0.370 e. The lowest BCUT2D eigenvalue weighted by Crippen LogP contribution is -2.05. The highest BCUT2D eigenvalue weighted by molar-refractivity contribution is 6.35. The number of nitrogens with zero attached hydrogens (tertiary/aromatic N) is 1. The third kappa shape index (κ3) is 2.41. The van der Waals surface area contributed by atoms with Crippen molar-refractivity contribution < 1.29 is 4.39 Å². The van der Waals surface area contributed by atoms with Crippen LogP contribution >= 0.6 is 11.6 Å². The van der Waals surface area contributed by atoms with Gasteiger partial charge >= 0.3 is 0 Å². The number of anilines is 1. The molecule has 1 aromatic carbocycles.